The van der Waals surface area contributed by atoms with E-state index in [1.165, 1.54) is 0 Å². The van der Waals surface area contributed by atoms with Gasteiger partial charge in [0.15, 0.2) is 5.78 Å². The molecule has 2 aliphatic rings. The average molecular weight is 415 g/mol. The molecule has 158 valence electrons. The average Bonchev–Trinajstić information content (AvgIpc) is 3.46. The standard InChI is InChI=1S/C24H26N6O/c1-17(31)18-2-4-20(5-3-18)28-10-12-29(13-11-28)23-7-6-22-19(14-25)16-30(24(22)27-23)21-8-9-26-15-21/h2-7,16,21,26H,8-13,15H2,1H3/t21-/m0/s1. The van der Waals surface area contributed by atoms with Gasteiger partial charge in [-0.2, -0.15) is 5.26 Å². The second-order valence-corrected chi connectivity index (χ2v) is 8.33. The molecule has 2 aromatic heterocycles. The zero-order valence-electron chi connectivity index (χ0n) is 17.7. The lowest BCUT2D eigenvalue weighted by Crippen LogP contribution is -2.46. The van der Waals surface area contributed by atoms with Crippen molar-refractivity contribution in [3.8, 4) is 6.07 Å². The molecule has 3 aromatic rings. The Morgan fingerprint density at radius 3 is 2.48 bits per heavy atom. The Bertz CT molecular complexity index is 1150. The highest BCUT2D eigenvalue weighted by atomic mass is 16.1. The number of nitrogens with zero attached hydrogens (tertiary/aromatic N) is 5. The van der Waals surface area contributed by atoms with Crippen LogP contribution in [0.3, 0.4) is 0 Å². The normalized spacial score (nSPS) is 19.0. The van der Waals surface area contributed by atoms with Gasteiger partial charge in [-0.15, -0.1) is 0 Å². The van der Waals surface area contributed by atoms with Crippen LogP contribution in [0.1, 0.15) is 35.3 Å². The smallest absolute Gasteiger partial charge is 0.159 e. The number of piperazine rings is 1. The van der Waals surface area contributed by atoms with Crippen molar-refractivity contribution >= 4 is 28.3 Å². The van der Waals surface area contributed by atoms with Crippen LogP contribution in [0.25, 0.3) is 11.0 Å². The maximum Gasteiger partial charge on any atom is 0.159 e. The summed E-state index contributed by atoms with van der Waals surface area (Å²) in [6.45, 7) is 7.07. The van der Waals surface area contributed by atoms with E-state index in [0.29, 0.717) is 11.6 Å². The molecule has 1 atom stereocenters. The minimum atomic E-state index is 0.0931. The predicted octanol–water partition coefficient (Wildman–Crippen LogP) is 2.97. The molecule has 0 unspecified atom stereocenters. The molecule has 2 saturated heterocycles. The van der Waals surface area contributed by atoms with Gasteiger partial charge >= 0.3 is 0 Å². The monoisotopic (exact) mass is 414 g/mol. The number of hydrogen-bond acceptors (Lipinski definition) is 6. The van der Waals surface area contributed by atoms with Crippen LogP contribution in [-0.2, 0) is 0 Å². The lowest BCUT2D eigenvalue weighted by Gasteiger charge is -2.36. The van der Waals surface area contributed by atoms with Crippen molar-refractivity contribution in [2.24, 2.45) is 0 Å². The fourth-order valence-electron chi connectivity index (χ4n) is 4.64. The van der Waals surface area contributed by atoms with E-state index in [1.807, 2.05) is 42.6 Å². The molecule has 0 spiro atoms. The van der Waals surface area contributed by atoms with E-state index in [0.717, 1.165) is 73.8 Å². The van der Waals surface area contributed by atoms with Gasteiger partial charge in [-0.05, 0) is 56.3 Å². The first-order valence-electron chi connectivity index (χ1n) is 10.9. The number of aromatic nitrogens is 2. The van der Waals surface area contributed by atoms with E-state index >= 15 is 0 Å². The number of rotatable bonds is 4. The Morgan fingerprint density at radius 2 is 1.84 bits per heavy atom. The molecule has 1 aromatic carbocycles. The van der Waals surface area contributed by atoms with Crippen molar-refractivity contribution in [2.75, 3.05) is 49.1 Å². The van der Waals surface area contributed by atoms with E-state index in [4.69, 9.17) is 4.98 Å². The maximum atomic E-state index is 11.5. The van der Waals surface area contributed by atoms with Gasteiger partial charge in [0.05, 0.1) is 5.56 Å². The van der Waals surface area contributed by atoms with E-state index in [-0.39, 0.29) is 5.78 Å². The molecule has 2 fully saturated rings. The number of anilines is 2. The number of benzene rings is 1. The summed E-state index contributed by atoms with van der Waals surface area (Å²) in [7, 11) is 0. The van der Waals surface area contributed by atoms with Gasteiger partial charge in [-0.1, -0.05) is 0 Å². The minimum absolute atomic E-state index is 0.0931. The van der Waals surface area contributed by atoms with Crippen molar-refractivity contribution in [3.63, 3.8) is 0 Å². The van der Waals surface area contributed by atoms with Gasteiger partial charge in [0, 0.05) is 61.6 Å². The molecule has 7 heteroatoms. The molecule has 4 heterocycles. The van der Waals surface area contributed by atoms with Gasteiger partial charge < -0.3 is 19.7 Å². The van der Waals surface area contributed by atoms with Crippen LogP contribution in [0.5, 0.6) is 0 Å². The molecule has 0 bridgehead atoms. The Morgan fingerprint density at radius 1 is 1.10 bits per heavy atom. The number of nitrogens with one attached hydrogen (secondary N) is 1. The molecular formula is C24H26N6O. The highest BCUT2D eigenvalue weighted by Crippen LogP contribution is 2.29. The maximum absolute atomic E-state index is 11.5. The fraction of sp³-hybridized carbons (Fsp3) is 0.375. The number of carbonyl (C=O) groups excluding carboxylic acids is 1. The summed E-state index contributed by atoms with van der Waals surface area (Å²) in [6, 6.07) is 14.6. The van der Waals surface area contributed by atoms with Crippen molar-refractivity contribution in [3.05, 3.63) is 53.7 Å². The van der Waals surface area contributed by atoms with Gasteiger partial charge in [0.2, 0.25) is 0 Å². The quantitative estimate of drug-likeness (QED) is 0.662. The summed E-state index contributed by atoms with van der Waals surface area (Å²) in [6.07, 6.45) is 3.02. The van der Waals surface area contributed by atoms with E-state index in [9.17, 15) is 10.1 Å². The van der Waals surface area contributed by atoms with Crippen LogP contribution in [-0.4, -0.2) is 54.6 Å². The summed E-state index contributed by atoms with van der Waals surface area (Å²) in [4.78, 5) is 21.2. The summed E-state index contributed by atoms with van der Waals surface area (Å²) >= 11 is 0. The number of ketones is 1. The molecule has 7 nitrogen and oxygen atoms in total. The highest BCUT2D eigenvalue weighted by Gasteiger charge is 2.23. The van der Waals surface area contributed by atoms with Gasteiger partial charge in [-0.3, -0.25) is 4.79 Å². The van der Waals surface area contributed by atoms with E-state index in [1.54, 1.807) is 6.92 Å². The van der Waals surface area contributed by atoms with Gasteiger partial charge in [-0.25, -0.2) is 4.98 Å². The second kappa shape index (κ2) is 8.05. The lowest BCUT2D eigenvalue weighted by molar-refractivity contribution is 0.101. The van der Waals surface area contributed by atoms with Crippen molar-refractivity contribution < 1.29 is 4.79 Å². The van der Waals surface area contributed by atoms with Crippen LogP contribution in [0, 0.1) is 11.3 Å². The van der Waals surface area contributed by atoms with Gasteiger partial charge in [0.25, 0.3) is 0 Å². The first kappa shape index (κ1) is 19.6. The molecule has 5 rings (SSSR count). The zero-order valence-corrected chi connectivity index (χ0v) is 17.7. The van der Waals surface area contributed by atoms with Gasteiger partial charge in [0.1, 0.15) is 17.5 Å². The zero-order chi connectivity index (χ0) is 21.4. The third kappa shape index (κ3) is 3.64. The summed E-state index contributed by atoms with van der Waals surface area (Å²) in [5.74, 6) is 1.06. The largest absolute Gasteiger partial charge is 0.368 e. The molecule has 0 amide bonds. The highest BCUT2D eigenvalue weighted by molar-refractivity contribution is 5.94. The van der Waals surface area contributed by atoms with Crippen LogP contribution in [0.15, 0.2) is 42.6 Å². The minimum Gasteiger partial charge on any atom is -0.368 e. The third-order valence-electron chi connectivity index (χ3n) is 6.45. The van der Waals surface area contributed by atoms with E-state index < -0.39 is 0 Å². The molecular weight excluding hydrogens is 388 g/mol. The third-order valence-corrected chi connectivity index (χ3v) is 6.45. The number of fused-ring (bicyclic) bond motifs is 1. The molecule has 0 radical (unpaired) electrons. The van der Waals surface area contributed by atoms with Crippen LogP contribution in [0.2, 0.25) is 0 Å². The molecule has 1 N–H and O–H groups in total. The molecule has 0 aliphatic carbocycles. The first-order chi connectivity index (χ1) is 15.1. The number of hydrogen-bond donors (Lipinski definition) is 1. The van der Waals surface area contributed by atoms with Crippen molar-refractivity contribution in [1.29, 1.82) is 5.26 Å². The van der Waals surface area contributed by atoms with Crippen LogP contribution < -0.4 is 15.1 Å². The Kier molecular flexibility index (Phi) is 5.08. The van der Waals surface area contributed by atoms with Crippen LogP contribution >= 0.6 is 0 Å². The van der Waals surface area contributed by atoms with Crippen molar-refractivity contribution in [1.82, 2.24) is 14.9 Å². The number of carbonyl (C=O) groups is 1. The Hall–Kier alpha value is -3.37. The fourth-order valence-corrected chi connectivity index (χ4v) is 4.64. The summed E-state index contributed by atoms with van der Waals surface area (Å²) in [5, 5.41) is 13.9. The second-order valence-electron chi connectivity index (χ2n) is 8.33. The molecule has 31 heavy (non-hydrogen) atoms. The van der Waals surface area contributed by atoms with Crippen LogP contribution in [0.4, 0.5) is 11.5 Å². The molecule has 0 saturated carbocycles. The Balaban J connectivity index is 1.35. The first-order valence-corrected chi connectivity index (χ1v) is 10.9. The summed E-state index contributed by atoms with van der Waals surface area (Å²) < 4.78 is 2.18. The SMILES string of the molecule is CC(=O)c1ccc(N2CCN(c3ccc4c(C#N)cn([C@H]5CCNC5)c4n3)CC2)cc1. The Labute approximate surface area is 181 Å². The van der Waals surface area contributed by atoms with E-state index in [2.05, 4.69) is 25.8 Å². The molecule has 2 aliphatic heterocycles. The predicted molar refractivity (Wildman–Crippen MR) is 122 cm³/mol. The topological polar surface area (TPSA) is 77.2 Å². The number of Topliss-reactive ketones (excluding diaryl/α,β-unsaturated/α-hetero) is 1. The van der Waals surface area contributed by atoms with Crippen molar-refractivity contribution in [2.45, 2.75) is 19.4 Å². The summed E-state index contributed by atoms with van der Waals surface area (Å²) in [5.41, 5.74) is 3.50. The number of pyridine rings is 1. The lowest BCUT2D eigenvalue weighted by atomic mass is 10.1. The number of nitriles is 1.